The van der Waals surface area contributed by atoms with E-state index in [0.717, 1.165) is 17.7 Å². The summed E-state index contributed by atoms with van der Waals surface area (Å²) in [5, 5.41) is 0.630. The Labute approximate surface area is 170 Å². The summed E-state index contributed by atoms with van der Waals surface area (Å²) in [7, 11) is -3.21. The zero-order chi connectivity index (χ0) is 19.9. The monoisotopic (exact) mass is 418 g/mol. The van der Waals surface area contributed by atoms with Crippen LogP contribution in [0.3, 0.4) is 0 Å². The van der Waals surface area contributed by atoms with Gasteiger partial charge in [0.15, 0.2) is 9.84 Å². The SMILES string of the molecule is CCc1ccc(N2C(=O)CN(Cc3ccccc3Cl)C3CS(=O)(=O)CC32)cc1. The molecular weight excluding hydrogens is 396 g/mol. The second-order valence-corrected chi connectivity index (χ2v) is 10.1. The first kappa shape index (κ1) is 19.4. The lowest BCUT2D eigenvalue weighted by Gasteiger charge is -2.43. The Kier molecular flexibility index (Phi) is 5.21. The van der Waals surface area contributed by atoms with Gasteiger partial charge >= 0.3 is 0 Å². The number of rotatable bonds is 4. The second kappa shape index (κ2) is 7.50. The number of hydrogen-bond donors (Lipinski definition) is 0. The van der Waals surface area contributed by atoms with Crippen LogP contribution < -0.4 is 4.90 Å². The maximum atomic E-state index is 13.0. The highest BCUT2D eigenvalue weighted by Gasteiger charge is 2.49. The fourth-order valence-corrected chi connectivity index (χ4v) is 6.38. The molecule has 0 N–H and O–H groups in total. The molecule has 0 spiro atoms. The van der Waals surface area contributed by atoms with E-state index in [4.69, 9.17) is 11.6 Å². The van der Waals surface area contributed by atoms with Crippen molar-refractivity contribution in [2.24, 2.45) is 0 Å². The predicted octanol–water partition coefficient (Wildman–Crippen LogP) is 2.92. The molecule has 148 valence electrons. The minimum absolute atomic E-state index is 0.00203. The summed E-state index contributed by atoms with van der Waals surface area (Å²) in [5.74, 6) is -0.00803. The minimum atomic E-state index is -3.21. The number of piperazine rings is 1. The number of nitrogens with zero attached hydrogens (tertiary/aromatic N) is 2. The summed E-state index contributed by atoms with van der Waals surface area (Å²) >= 11 is 6.29. The molecule has 1 amide bonds. The molecule has 0 saturated carbocycles. The Balaban J connectivity index is 1.66. The van der Waals surface area contributed by atoms with Gasteiger partial charge in [0.05, 0.1) is 24.1 Å². The van der Waals surface area contributed by atoms with Gasteiger partial charge in [-0.15, -0.1) is 0 Å². The smallest absolute Gasteiger partial charge is 0.241 e. The Bertz CT molecular complexity index is 991. The van der Waals surface area contributed by atoms with Crippen molar-refractivity contribution in [3.63, 3.8) is 0 Å². The Hall–Kier alpha value is -1.89. The number of halogens is 1. The number of aryl methyl sites for hydroxylation is 1. The van der Waals surface area contributed by atoms with E-state index < -0.39 is 9.84 Å². The fourth-order valence-electron chi connectivity index (χ4n) is 4.20. The van der Waals surface area contributed by atoms with Crippen LogP contribution in [0.4, 0.5) is 5.69 Å². The number of carbonyl (C=O) groups is 1. The highest BCUT2D eigenvalue weighted by Crippen LogP contribution is 2.33. The molecule has 4 rings (SSSR count). The topological polar surface area (TPSA) is 57.7 Å². The van der Waals surface area contributed by atoms with E-state index in [1.165, 1.54) is 5.56 Å². The van der Waals surface area contributed by atoms with Gasteiger partial charge in [-0.2, -0.15) is 0 Å². The van der Waals surface area contributed by atoms with Gasteiger partial charge in [-0.3, -0.25) is 9.69 Å². The highest BCUT2D eigenvalue weighted by molar-refractivity contribution is 7.91. The summed E-state index contributed by atoms with van der Waals surface area (Å²) in [6.45, 7) is 2.72. The molecule has 0 aliphatic carbocycles. The van der Waals surface area contributed by atoms with Gasteiger partial charge in [0.25, 0.3) is 0 Å². The fraction of sp³-hybridized carbons (Fsp3) is 0.381. The number of benzene rings is 2. The van der Waals surface area contributed by atoms with E-state index in [0.29, 0.717) is 11.6 Å². The molecule has 0 bridgehead atoms. The van der Waals surface area contributed by atoms with Crippen LogP contribution in [0.2, 0.25) is 5.02 Å². The van der Waals surface area contributed by atoms with Crippen molar-refractivity contribution in [2.75, 3.05) is 23.0 Å². The van der Waals surface area contributed by atoms with Crippen molar-refractivity contribution >= 4 is 33.0 Å². The molecule has 0 radical (unpaired) electrons. The van der Waals surface area contributed by atoms with Crippen LogP contribution in [0.5, 0.6) is 0 Å². The van der Waals surface area contributed by atoms with Crippen molar-refractivity contribution < 1.29 is 13.2 Å². The van der Waals surface area contributed by atoms with E-state index in [2.05, 4.69) is 6.92 Å². The molecule has 2 aliphatic heterocycles. The van der Waals surface area contributed by atoms with Crippen LogP contribution >= 0.6 is 11.6 Å². The molecule has 2 aromatic rings. The number of sulfone groups is 1. The standard InChI is InChI=1S/C21H23ClN2O3S/c1-2-15-7-9-17(10-8-15)24-20-14-28(26,27)13-19(20)23(12-21(24)25)11-16-5-3-4-6-18(16)22/h3-10,19-20H,2,11-14H2,1H3. The summed E-state index contributed by atoms with van der Waals surface area (Å²) < 4.78 is 24.9. The predicted molar refractivity (Wildman–Crippen MR) is 111 cm³/mol. The van der Waals surface area contributed by atoms with Gasteiger partial charge in [-0.1, -0.05) is 48.9 Å². The third kappa shape index (κ3) is 3.69. The van der Waals surface area contributed by atoms with Gasteiger partial charge in [0.1, 0.15) is 0 Å². The lowest BCUT2D eigenvalue weighted by atomic mass is 10.0. The van der Waals surface area contributed by atoms with E-state index >= 15 is 0 Å². The van der Waals surface area contributed by atoms with Crippen LogP contribution in [0.25, 0.3) is 0 Å². The minimum Gasteiger partial charge on any atom is -0.306 e. The third-order valence-corrected chi connectivity index (χ3v) is 7.72. The first-order valence-corrected chi connectivity index (χ1v) is 11.7. The molecule has 28 heavy (non-hydrogen) atoms. The molecule has 2 saturated heterocycles. The van der Waals surface area contributed by atoms with Crippen molar-refractivity contribution in [1.29, 1.82) is 0 Å². The second-order valence-electron chi connectivity index (χ2n) is 7.49. The van der Waals surface area contributed by atoms with Crippen molar-refractivity contribution in [2.45, 2.75) is 32.0 Å². The van der Waals surface area contributed by atoms with Gasteiger partial charge in [-0.25, -0.2) is 8.42 Å². The van der Waals surface area contributed by atoms with Gasteiger partial charge < -0.3 is 4.90 Å². The maximum Gasteiger partial charge on any atom is 0.241 e. The molecule has 2 unspecified atom stereocenters. The number of amides is 1. The lowest BCUT2D eigenvalue weighted by molar-refractivity contribution is -0.123. The molecule has 2 aliphatic rings. The molecular formula is C21H23ClN2O3S. The Morgan fingerprint density at radius 3 is 2.39 bits per heavy atom. The van der Waals surface area contributed by atoms with Crippen LogP contribution in [-0.2, 0) is 27.6 Å². The third-order valence-electron chi connectivity index (χ3n) is 5.66. The summed E-state index contributed by atoms with van der Waals surface area (Å²) in [6, 6.07) is 14.7. The first-order valence-electron chi connectivity index (χ1n) is 9.47. The molecule has 2 heterocycles. The first-order chi connectivity index (χ1) is 13.4. The van der Waals surface area contributed by atoms with Crippen LogP contribution in [0, 0.1) is 0 Å². The summed E-state index contributed by atoms with van der Waals surface area (Å²) in [6.07, 6.45) is 0.917. The lowest BCUT2D eigenvalue weighted by Crippen LogP contribution is -2.61. The summed E-state index contributed by atoms with van der Waals surface area (Å²) in [5.41, 5.74) is 2.86. The zero-order valence-electron chi connectivity index (χ0n) is 15.7. The van der Waals surface area contributed by atoms with E-state index in [-0.39, 0.29) is 36.0 Å². The Morgan fingerprint density at radius 1 is 1.04 bits per heavy atom. The maximum absolute atomic E-state index is 13.0. The van der Waals surface area contributed by atoms with Gasteiger partial charge in [-0.05, 0) is 35.7 Å². The number of fused-ring (bicyclic) bond motifs is 1. The highest BCUT2D eigenvalue weighted by atomic mass is 35.5. The van der Waals surface area contributed by atoms with Crippen molar-refractivity contribution in [1.82, 2.24) is 4.90 Å². The molecule has 2 aromatic carbocycles. The van der Waals surface area contributed by atoms with E-state index in [9.17, 15) is 13.2 Å². The summed E-state index contributed by atoms with van der Waals surface area (Å²) in [4.78, 5) is 16.7. The van der Waals surface area contributed by atoms with Gasteiger partial charge in [0.2, 0.25) is 5.91 Å². The van der Waals surface area contributed by atoms with Crippen LogP contribution in [-0.4, -0.2) is 49.4 Å². The molecule has 5 nitrogen and oxygen atoms in total. The number of anilines is 1. The van der Waals surface area contributed by atoms with E-state index in [1.807, 2.05) is 53.4 Å². The normalized spacial score (nSPS) is 24.4. The van der Waals surface area contributed by atoms with Crippen LogP contribution in [0.15, 0.2) is 48.5 Å². The van der Waals surface area contributed by atoms with E-state index in [1.54, 1.807) is 4.90 Å². The molecule has 7 heteroatoms. The molecule has 2 fully saturated rings. The van der Waals surface area contributed by atoms with Crippen LogP contribution in [0.1, 0.15) is 18.1 Å². The van der Waals surface area contributed by atoms with Crippen molar-refractivity contribution in [3.05, 3.63) is 64.7 Å². The number of hydrogen-bond acceptors (Lipinski definition) is 4. The Morgan fingerprint density at radius 2 is 1.71 bits per heavy atom. The van der Waals surface area contributed by atoms with Gasteiger partial charge in [0, 0.05) is 23.3 Å². The molecule has 0 aromatic heterocycles. The largest absolute Gasteiger partial charge is 0.306 e. The number of carbonyl (C=O) groups excluding carboxylic acids is 1. The average Bonchev–Trinajstić information content (AvgIpc) is 2.99. The quantitative estimate of drug-likeness (QED) is 0.766. The molecule has 2 atom stereocenters. The van der Waals surface area contributed by atoms with Crippen molar-refractivity contribution in [3.8, 4) is 0 Å². The zero-order valence-corrected chi connectivity index (χ0v) is 17.3. The average molecular weight is 419 g/mol.